The second-order valence-electron chi connectivity index (χ2n) is 5.24. The van der Waals surface area contributed by atoms with Crippen LogP contribution in [0.4, 0.5) is 0 Å². The van der Waals surface area contributed by atoms with Gasteiger partial charge in [0.05, 0.1) is 6.04 Å². The number of nitrogens with zero attached hydrogens (tertiary/aromatic N) is 2. The van der Waals surface area contributed by atoms with Crippen LogP contribution in [0.1, 0.15) is 39.0 Å². The molecular formula is C13H27N3O. The van der Waals surface area contributed by atoms with E-state index in [1.54, 1.807) is 0 Å². The molecule has 1 aliphatic rings. The summed E-state index contributed by atoms with van der Waals surface area (Å²) >= 11 is 0. The molecule has 0 aromatic heterocycles. The van der Waals surface area contributed by atoms with Gasteiger partial charge < -0.3 is 15.5 Å². The van der Waals surface area contributed by atoms with Crippen molar-refractivity contribution in [1.82, 2.24) is 9.80 Å². The van der Waals surface area contributed by atoms with Gasteiger partial charge in [0.1, 0.15) is 0 Å². The number of hydrogen-bond donors (Lipinski definition) is 1. The number of carbonyl (C=O) groups is 1. The fourth-order valence-electron chi connectivity index (χ4n) is 2.45. The van der Waals surface area contributed by atoms with E-state index in [9.17, 15) is 4.79 Å². The Labute approximate surface area is 105 Å². The lowest BCUT2D eigenvalue weighted by molar-refractivity contribution is -0.132. The highest BCUT2D eigenvalue weighted by atomic mass is 16.2. The lowest BCUT2D eigenvalue weighted by Gasteiger charge is -2.27. The van der Waals surface area contributed by atoms with Crippen molar-refractivity contribution in [1.29, 1.82) is 0 Å². The van der Waals surface area contributed by atoms with Gasteiger partial charge in [-0.2, -0.15) is 0 Å². The zero-order chi connectivity index (χ0) is 12.8. The fourth-order valence-corrected chi connectivity index (χ4v) is 2.45. The van der Waals surface area contributed by atoms with Crippen LogP contribution in [0, 0.1) is 0 Å². The summed E-state index contributed by atoms with van der Waals surface area (Å²) in [7, 11) is 4.01. The fraction of sp³-hybridized carbons (Fsp3) is 0.923. The molecule has 17 heavy (non-hydrogen) atoms. The molecule has 0 spiro atoms. The normalized spacial score (nSPS) is 22.7. The van der Waals surface area contributed by atoms with Gasteiger partial charge in [0.15, 0.2) is 0 Å². The number of unbranched alkanes of at least 4 members (excludes halogenated alkanes) is 1. The van der Waals surface area contributed by atoms with E-state index in [2.05, 4.69) is 18.9 Å². The molecule has 1 fully saturated rings. The molecule has 1 amide bonds. The topological polar surface area (TPSA) is 49.6 Å². The molecule has 1 rings (SSSR count). The van der Waals surface area contributed by atoms with Gasteiger partial charge in [-0.25, -0.2) is 0 Å². The number of nitrogens with two attached hydrogens (primary N) is 1. The van der Waals surface area contributed by atoms with Crippen LogP contribution in [0.5, 0.6) is 0 Å². The number of likely N-dealkylation sites (N-methyl/N-ethyl adjacent to an activating group) is 2. The van der Waals surface area contributed by atoms with Gasteiger partial charge in [0.25, 0.3) is 0 Å². The van der Waals surface area contributed by atoms with Crippen molar-refractivity contribution >= 4 is 5.91 Å². The molecule has 0 saturated carbocycles. The van der Waals surface area contributed by atoms with Crippen molar-refractivity contribution in [3.05, 3.63) is 0 Å². The van der Waals surface area contributed by atoms with Gasteiger partial charge >= 0.3 is 0 Å². The highest BCUT2D eigenvalue weighted by Crippen LogP contribution is 2.15. The number of carbonyl (C=O) groups excluding carboxylic acids is 1. The molecule has 0 aliphatic carbocycles. The Balaban J connectivity index is 2.35. The van der Waals surface area contributed by atoms with Crippen LogP contribution < -0.4 is 5.73 Å². The molecule has 0 aromatic carbocycles. The van der Waals surface area contributed by atoms with E-state index in [1.165, 1.54) is 12.8 Å². The average Bonchev–Trinajstić information content (AvgIpc) is 2.70. The Morgan fingerprint density at radius 2 is 2.29 bits per heavy atom. The van der Waals surface area contributed by atoms with Gasteiger partial charge in [0.2, 0.25) is 5.91 Å². The van der Waals surface area contributed by atoms with Gasteiger partial charge in [-0.3, -0.25) is 4.79 Å². The second kappa shape index (κ2) is 6.97. The zero-order valence-corrected chi connectivity index (χ0v) is 11.5. The highest BCUT2D eigenvalue weighted by molar-refractivity contribution is 5.81. The van der Waals surface area contributed by atoms with Crippen molar-refractivity contribution in [2.45, 2.75) is 51.1 Å². The highest BCUT2D eigenvalue weighted by Gasteiger charge is 2.25. The lowest BCUT2D eigenvalue weighted by Crippen LogP contribution is -2.46. The van der Waals surface area contributed by atoms with E-state index >= 15 is 0 Å². The monoisotopic (exact) mass is 241 g/mol. The van der Waals surface area contributed by atoms with Gasteiger partial charge in [-0.1, -0.05) is 19.8 Å². The minimum Gasteiger partial charge on any atom is -0.343 e. The van der Waals surface area contributed by atoms with Crippen molar-refractivity contribution in [2.75, 3.05) is 27.2 Å². The molecule has 1 aliphatic heterocycles. The van der Waals surface area contributed by atoms with Crippen LogP contribution in [0.25, 0.3) is 0 Å². The number of hydrogen-bond acceptors (Lipinski definition) is 3. The lowest BCUT2D eigenvalue weighted by atomic mass is 10.1. The minimum atomic E-state index is -0.313. The summed E-state index contributed by atoms with van der Waals surface area (Å²) in [6.07, 6.45) is 5.36. The van der Waals surface area contributed by atoms with Crippen LogP contribution in [0.2, 0.25) is 0 Å². The predicted octanol–water partition coefficient (Wildman–Crippen LogP) is 1.06. The maximum atomic E-state index is 12.0. The molecule has 1 unspecified atom stereocenters. The standard InChI is InChI=1S/C13H27N3O/c1-4-5-8-12(14)13(17)16(3)10-11-7-6-9-15(11)2/h11-12H,4-10,14H2,1-3H3/t11?,12-/m0/s1. The summed E-state index contributed by atoms with van der Waals surface area (Å²) in [4.78, 5) is 16.2. The predicted molar refractivity (Wildman–Crippen MR) is 70.8 cm³/mol. The molecule has 0 bridgehead atoms. The van der Waals surface area contributed by atoms with Crippen molar-refractivity contribution in [3.8, 4) is 0 Å². The summed E-state index contributed by atoms with van der Waals surface area (Å²) in [6.45, 7) is 4.08. The van der Waals surface area contributed by atoms with E-state index < -0.39 is 0 Å². The summed E-state index contributed by atoms with van der Waals surface area (Å²) in [5.41, 5.74) is 5.91. The summed E-state index contributed by atoms with van der Waals surface area (Å²) in [5, 5.41) is 0. The van der Waals surface area contributed by atoms with Crippen molar-refractivity contribution in [3.63, 3.8) is 0 Å². The first-order valence-electron chi connectivity index (χ1n) is 6.77. The van der Waals surface area contributed by atoms with Crippen LogP contribution in [0.3, 0.4) is 0 Å². The molecule has 2 N–H and O–H groups in total. The average molecular weight is 241 g/mol. The minimum absolute atomic E-state index is 0.0961. The third-order valence-corrected chi connectivity index (χ3v) is 3.72. The molecule has 4 heteroatoms. The molecule has 2 atom stereocenters. The molecule has 0 radical (unpaired) electrons. The first kappa shape index (κ1) is 14.5. The van der Waals surface area contributed by atoms with E-state index in [0.29, 0.717) is 6.04 Å². The van der Waals surface area contributed by atoms with Gasteiger partial charge in [-0.05, 0) is 32.9 Å². The van der Waals surface area contributed by atoms with Gasteiger partial charge in [-0.15, -0.1) is 0 Å². The molecule has 1 heterocycles. The van der Waals surface area contributed by atoms with E-state index in [1.807, 2.05) is 11.9 Å². The van der Waals surface area contributed by atoms with Crippen LogP contribution in [-0.2, 0) is 4.79 Å². The van der Waals surface area contributed by atoms with E-state index in [-0.39, 0.29) is 11.9 Å². The molecule has 1 saturated heterocycles. The maximum Gasteiger partial charge on any atom is 0.239 e. The summed E-state index contributed by atoms with van der Waals surface area (Å²) < 4.78 is 0. The number of likely N-dealkylation sites (tertiary alicyclic amines) is 1. The Hall–Kier alpha value is -0.610. The maximum absolute atomic E-state index is 12.0. The molecule has 0 aromatic rings. The number of rotatable bonds is 6. The van der Waals surface area contributed by atoms with Gasteiger partial charge in [0, 0.05) is 19.6 Å². The molecular weight excluding hydrogens is 214 g/mol. The third-order valence-electron chi connectivity index (χ3n) is 3.72. The van der Waals surface area contributed by atoms with E-state index in [0.717, 1.165) is 32.4 Å². The Kier molecular flexibility index (Phi) is 5.92. The Bertz CT molecular complexity index is 245. The smallest absolute Gasteiger partial charge is 0.239 e. The summed E-state index contributed by atoms with van der Waals surface area (Å²) in [6, 6.07) is 0.203. The second-order valence-corrected chi connectivity index (χ2v) is 5.24. The largest absolute Gasteiger partial charge is 0.343 e. The molecule has 4 nitrogen and oxygen atoms in total. The van der Waals surface area contributed by atoms with Crippen molar-refractivity contribution in [2.24, 2.45) is 5.73 Å². The van der Waals surface area contributed by atoms with Crippen LogP contribution in [0.15, 0.2) is 0 Å². The quantitative estimate of drug-likeness (QED) is 0.756. The SMILES string of the molecule is CCCC[C@H](N)C(=O)N(C)CC1CCCN1C. The first-order chi connectivity index (χ1) is 8.06. The Morgan fingerprint density at radius 1 is 1.59 bits per heavy atom. The summed E-state index contributed by atoms with van der Waals surface area (Å²) in [5.74, 6) is 0.0961. The first-order valence-corrected chi connectivity index (χ1v) is 6.77. The number of amides is 1. The van der Waals surface area contributed by atoms with Crippen LogP contribution >= 0.6 is 0 Å². The van der Waals surface area contributed by atoms with E-state index in [4.69, 9.17) is 5.73 Å². The van der Waals surface area contributed by atoms with Crippen LogP contribution in [-0.4, -0.2) is 55.0 Å². The Morgan fingerprint density at radius 3 is 2.82 bits per heavy atom. The molecule has 100 valence electrons. The zero-order valence-electron chi connectivity index (χ0n) is 11.5. The van der Waals surface area contributed by atoms with Crippen molar-refractivity contribution < 1.29 is 4.79 Å². The third kappa shape index (κ3) is 4.28.